The van der Waals surface area contributed by atoms with Gasteiger partial charge in [0.25, 0.3) is 5.91 Å². The molecule has 4 rings (SSSR count). The number of aryl methyl sites for hydroxylation is 1. The van der Waals surface area contributed by atoms with Crippen molar-refractivity contribution < 1.29 is 19.2 Å². The van der Waals surface area contributed by atoms with Crippen LogP contribution in [0.15, 0.2) is 35.3 Å². The molecule has 144 valence electrons. The molecule has 0 aliphatic carbocycles. The van der Waals surface area contributed by atoms with Crippen molar-refractivity contribution in [2.45, 2.75) is 13.5 Å². The average Bonchev–Trinajstić information content (AvgIpc) is 3.28. The maximum atomic E-state index is 12.3. The fraction of sp³-hybridized carbons (Fsp3) is 0.222. The molecule has 3 heterocycles. The predicted octanol–water partition coefficient (Wildman–Crippen LogP) is 3.60. The van der Waals surface area contributed by atoms with Crippen LogP contribution >= 0.6 is 22.7 Å². The Bertz CT molecular complexity index is 1170. The number of thiophene rings is 1. The van der Waals surface area contributed by atoms with Gasteiger partial charge in [-0.3, -0.25) is 14.9 Å². The molecule has 10 heteroatoms. The highest BCUT2D eigenvalue weighted by atomic mass is 32.1. The standard InChI is InChI=1S/C18H15N3O5S2/c1-2-20-12-9-13-14(26-8-7-25-13)10-15(12)28-18(20)19-16(22)5-3-11-4-6-17(27-11)21(23)24/h3-6,9-10H,2,7-8H2,1H3/b5-3+,19-18?. The number of nitro groups is 1. The number of carbonyl (C=O) groups excluding carboxylic acids is 1. The van der Waals surface area contributed by atoms with E-state index in [9.17, 15) is 14.9 Å². The van der Waals surface area contributed by atoms with E-state index in [1.807, 2.05) is 23.6 Å². The summed E-state index contributed by atoms with van der Waals surface area (Å²) in [5, 5.41) is 10.8. The molecule has 0 fully saturated rings. The van der Waals surface area contributed by atoms with Gasteiger partial charge in [0, 0.05) is 35.7 Å². The SMILES string of the molecule is CCn1c(=NC(=O)/C=C/c2ccc([N+](=O)[O-])s2)sc2cc3c(cc21)OCCO3. The summed E-state index contributed by atoms with van der Waals surface area (Å²) in [5.41, 5.74) is 0.932. The van der Waals surface area contributed by atoms with E-state index in [1.54, 1.807) is 6.07 Å². The molecule has 28 heavy (non-hydrogen) atoms. The third-order valence-corrected chi connectivity index (χ3v) is 6.09. The number of carbonyl (C=O) groups is 1. The molecular formula is C18H15N3O5S2. The first kappa shape index (κ1) is 18.4. The molecule has 1 amide bonds. The lowest BCUT2D eigenvalue weighted by molar-refractivity contribution is -0.380. The Morgan fingerprint density at radius 1 is 1.29 bits per heavy atom. The molecule has 0 N–H and O–H groups in total. The molecule has 0 unspecified atom stereocenters. The molecule has 1 aliphatic heterocycles. The Kier molecular flexibility index (Phi) is 4.97. The van der Waals surface area contributed by atoms with E-state index in [1.165, 1.54) is 29.6 Å². The van der Waals surface area contributed by atoms with Crippen LogP contribution in [-0.2, 0) is 11.3 Å². The fourth-order valence-electron chi connectivity index (χ4n) is 2.81. The third kappa shape index (κ3) is 3.56. The van der Waals surface area contributed by atoms with E-state index in [0.717, 1.165) is 21.6 Å². The molecule has 0 saturated heterocycles. The molecule has 0 spiro atoms. The zero-order valence-electron chi connectivity index (χ0n) is 14.8. The quantitative estimate of drug-likeness (QED) is 0.367. The zero-order chi connectivity index (χ0) is 19.7. The summed E-state index contributed by atoms with van der Waals surface area (Å²) in [4.78, 5) is 28.0. The summed E-state index contributed by atoms with van der Waals surface area (Å²) in [7, 11) is 0. The molecule has 2 aromatic heterocycles. The highest BCUT2D eigenvalue weighted by Gasteiger charge is 2.16. The first-order chi connectivity index (χ1) is 13.5. The van der Waals surface area contributed by atoms with Crippen molar-refractivity contribution >= 4 is 49.9 Å². The molecule has 0 saturated carbocycles. The van der Waals surface area contributed by atoms with E-state index < -0.39 is 10.8 Å². The number of ether oxygens (including phenoxy) is 2. The van der Waals surface area contributed by atoms with E-state index in [2.05, 4.69) is 4.99 Å². The van der Waals surface area contributed by atoms with Crippen LogP contribution in [0.25, 0.3) is 16.3 Å². The largest absolute Gasteiger partial charge is 0.486 e. The first-order valence-corrected chi connectivity index (χ1v) is 10.1. The van der Waals surface area contributed by atoms with Crippen LogP contribution in [0.5, 0.6) is 11.5 Å². The van der Waals surface area contributed by atoms with Gasteiger partial charge in [-0.15, -0.1) is 0 Å². The summed E-state index contributed by atoms with van der Waals surface area (Å²) in [6.45, 7) is 3.65. The molecule has 1 aromatic carbocycles. The van der Waals surface area contributed by atoms with Gasteiger partial charge in [0.1, 0.15) is 13.2 Å². The van der Waals surface area contributed by atoms with E-state index >= 15 is 0 Å². The average molecular weight is 417 g/mol. The highest BCUT2D eigenvalue weighted by Crippen LogP contribution is 2.35. The van der Waals surface area contributed by atoms with Crippen molar-refractivity contribution in [1.82, 2.24) is 4.57 Å². The summed E-state index contributed by atoms with van der Waals surface area (Å²) in [6.07, 6.45) is 2.85. The maximum absolute atomic E-state index is 12.3. The summed E-state index contributed by atoms with van der Waals surface area (Å²) in [5.74, 6) is 0.957. The van der Waals surface area contributed by atoms with Crippen molar-refractivity contribution in [1.29, 1.82) is 0 Å². The molecule has 3 aromatic rings. The topological polar surface area (TPSA) is 96.0 Å². The predicted molar refractivity (Wildman–Crippen MR) is 107 cm³/mol. The van der Waals surface area contributed by atoms with Crippen LogP contribution in [-0.4, -0.2) is 28.6 Å². The number of thiazole rings is 1. The number of fused-ring (bicyclic) bond motifs is 2. The number of hydrogen-bond donors (Lipinski definition) is 0. The highest BCUT2D eigenvalue weighted by molar-refractivity contribution is 7.16. The molecule has 0 atom stereocenters. The van der Waals surface area contributed by atoms with Gasteiger partial charge in [-0.2, -0.15) is 4.99 Å². The number of hydrogen-bond acceptors (Lipinski definition) is 7. The van der Waals surface area contributed by atoms with Gasteiger partial charge in [-0.25, -0.2) is 0 Å². The smallest absolute Gasteiger partial charge is 0.324 e. The minimum Gasteiger partial charge on any atom is -0.486 e. The number of amides is 1. The van der Waals surface area contributed by atoms with Gasteiger partial charge < -0.3 is 14.0 Å². The zero-order valence-corrected chi connectivity index (χ0v) is 16.4. The molecular weight excluding hydrogens is 402 g/mol. The second-order valence-electron chi connectivity index (χ2n) is 5.81. The first-order valence-electron chi connectivity index (χ1n) is 8.49. The van der Waals surface area contributed by atoms with Crippen molar-refractivity contribution in [2.24, 2.45) is 4.99 Å². The lowest BCUT2D eigenvalue weighted by Gasteiger charge is -2.18. The Morgan fingerprint density at radius 3 is 2.71 bits per heavy atom. The van der Waals surface area contributed by atoms with Gasteiger partial charge in [0.05, 0.1) is 15.1 Å². The Labute approximate surface area is 167 Å². The van der Waals surface area contributed by atoms with Crippen LogP contribution < -0.4 is 14.3 Å². The molecule has 8 nitrogen and oxygen atoms in total. The Balaban J connectivity index is 1.66. The second kappa shape index (κ2) is 7.56. The van der Waals surface area contributed by atoms with Crippen LogP contribution in [0.4, 0.5) is 5.00 Å². The van der Waals surface area contributed by atoms with Crippen molar-refractivity contribution in [3.8, 4) is 11.5 Å². The summed E-state index contributed by atoms with van der Waals surface area (Å²) >= 11 is 2.40. The number of benzene rings is 1. The lowest BCUT2D eigenvalue weighted by Crippen LogP contribution is -2.16. The number of nitrogens with zero attached hydrogens (tertiary/aromatic N) is 3. The minimum absolute atomic E-state index is 0.0331. The molecule has 0 radical (unpaired) electrons. The Hall–Kier alpha value is -2.98. The van der Waals surface area contributed by atoms with Gasteiger partial charge in [0.15, 0.2) is 16.3 Å². The van der Waals surface area contributed by atoms with Gasteiger partial charge in [0.2, 0.25) is 0 Å². The van der Waals surface area contributed by atoms with Gasteiger partial charge in [-0.05, 0) is 19.1 Å². The van der Waals surface area contributed by atoms with Gasteiger partial charge >= 0.3 is 5.00 Å². The van der Waals surface area contributed by atoms with Crippen LogP contribution in [0, 0.1) is 10.1 Å². The number of aromatic nitrogens is 1. The Morgan fingerprint density at radius 2 is 2.04 bits per heavy atom. The van der Waals surface area contributed by atoms with E-state index in [4.69, 9.17) is 9.47 Å². The lowest BCUT2D eigenvalue weighted by atomic mass is 10.2. The monoisotopic (exact) mass is 417 g/mol. The van der Waals surface area contributed by atoms with Crippen molar-refractivity contribution in [3.63, 3.8) is 0 Å². The van der Waals surface area contributed by atoms with E-state index in [-0.39, 0.29) is 5.00 Å². The summed E-state index contributed by atoms with van der Waals surface area (Å²) < 4.78 is 14.2. The third-order valence-electron chi connectivity index (χ3n) is 4.05. The normalized spacial score (nSPS) is 14.1. The van der Waals surface area contributed by atoms with Crippen LogP contribution in [0.3, 0.4) is 0 Å². The van der Waals surface area contributed by atoms with Gasteiger partial charge in [-0.1, -0.05) is 22.7 Å². The van der Waals surface area contributed by atoms with Crippen molar-refractivity contribution in [3.05, 3.63) is 50.1 Å². The minimum atomic E-state index is -0.456. The number of rotatable bonds is 4. The van der Waals surface area contributed by atoms with Crippen LogP contribution in [0.1, 0.15) is 11.8 Å². The van der Waals surface area contributed by atoms with Crippen molar-refractivity contribution in [2.75, 3.05) is 13.2 Å². The molecule has 1 aliphatic rings. The summed E-state index contributed by atoms with van der Waals surface area (Å²) in [6, 6.07) is 6.83. The fourth-order valence-corrected chi connectivity index (χ4v) is 4.65. The molecule has 0 bridgehead atoms. The van der Waals surface area contributed by atoms with E-state index in [0.29, 0.717) is 40.9 Å². The van der Waals surface area contributed by atoms with Crippen LogP contribution in [0.2, 0.25) is 0 Å². The second-order valence-corrected chi connectivity index (χ2v) is 7.91. The maximum Gasteiger partial charge on any atom is 0.324 e.